The van der Waals surface area contributed by atoms with Crippen molar-refractivity contribution in [1.82, 2.24) is 9.13 Å². The SMILES string of the molecule is [2H]c1c([2H])c([2H])c(-c2ccc3c4ccccc4n(-c4c([N+]#[C-])c(-c5ccccc5)c(C#N)c(-n5c6c(ccc7c8ccccc8sc76)c6ccc7c(sc8cccc(-c9ccccc9)c87)c65)c4-c4ccccc4)c3c2)c([2H])c1[2H]. The van der Waals surface area contributed by atoms with E-state index in [1.54, 1.807) is 22.7 Å². The fourth-order valence-electron chi connectivity index (χ4n) is 11.6. The van der Waals surface area contributed by atoms with Gasteiger partial charge in [-0.05, 0) is 57.6 Å². The number of fused-ring (bicyclic) bond motifs is 14. The lowest BCUT2D eigenvalue weighted by Gasteiger charge is -2.26. The summed E-state index contributed by atoms with van der Waals surface area (Å²) in [6.45, 7) is 9.45. The van der Waals surface area contributed by atoms with Crippen molar-refractivity contribution < 1.29 is 6.85 Å². The number of thiophene rings is 2. The predicted octanol–water partition coefficient (Wildman–Crippen LogP) is 19.7. The lowest BCUT2D eigenvalue weighted by Crippen LogP contribution is -2.09. The van der Waals surface area contributed by atoms with Crippen molar-refractivity contribution in [3.8, 4) is 62.0 Å². The van der Waals surface area contributed by atoms with Gasteiger partial charge in [-0.3, -0.25) is 0 Å². The molecule has 6 heteroatoms. The average molecular weight is 980 g/mol. The molecule has 0 atom stereocenters. The third-order valence-electron chi connectivity index (χ3n) is 14.7. The van der Waals surface area contributed by atoms with Gasteiger partial charge in [0.05, 0.1) is 61.8 Å². The average Bonchev–Trinajstić information content (AvgIpc) is 3.90. The molecule has 0 amide bonds. The highest BCUT2D eigenvalue weighted by atomic mass is 32.1. The molecular formula is C68H38N4S2. The van der Waals surface area contributed by atoms with Gasteiger partial charge < -0.3 is 9.13 Å². The van der Waals surface area contributed by atoms with E-state index in [1.165, 1.54) is 0 Å². The molecule has 15 rings (SSSR count). The van der Waals surface area contributed by atoms with Crippen molar-refractivity contribution in [3.05, 3.63) is 247 Å². The van der Waals surface area contributed by atoms with Crippen LogP contribution in [0, 0.1) is 17.9 Å². The molecular weight excluding hydrogens is 937 g/mol. The van der Waals surface area contributed by atoms with E-state index in [4.69, 9.17) is 6.85 Å². The Hall–Kier alpha value is -9.56. The normalized spacial score (nSPS) is 12.7. The molecule has 0 fully saturated rings. The van der Waals surface area contributed by atoms with Gasteiger partial charge in [-0.2, -0.15) is 5.26 Å². The van der Waals surface area contributed by atoms with E-state index in [1.807, 2.05) is 97.1 Å². The van der Waals surface area contributed by atoms with E-state index in [0.717, 1.165) is 95.1 Å². The van der Waals surface area contributed by atoms with Gasteiger partial charge in [0.25, 0.3) is 0 Å². The lowest BCUT2D eigenvalue weighted by atomic mass is 9.88. The number of hydrogen-bond donors (Lipinski definition) is 0. The number of aromatic nitrogens is 2. The highest BCUT2D eigenvalue weighted by Crippen LogP contribution is 2.55. The molecule has 0 saturated heterocycles. The summed E-state index contributed by atoms with van der Waals surface area (Å²) in [4.78, 5) is 4.54. The summed E-state index contributed by atoms with van der Waals surface area (Å²) in [5.74, 6) is 0. The van der Waals surface area contributed by atoms with E-state index in [-0.39, 0.29) is 23.3 Å². The molecule has 0 N–H and O–H groups in total. The maximum atomic E-state index is 12.3. The largest absolute Gasteiger partial charge is 0.318 e. The van der Waals surface area contributed by atoms with Gasteiger partial charge in [0.15, 0.2) is 0 Å². The summed E-state index contributed by atoms with van der Waals surface area (Å²) in [5, 5.41) is 20.6. The second kappa shape index (κ2) is 16.5. The summed E-state index contributed by atoms with van der Waals surface area (Å²) < 4.78 is 52.9. The van der Waals surface area contributed by atoms with Crippen LogP contribution >= 0.6 is 22.7 Å². The second-order valence-corrected chi connectivity index (χ2v) is 20.6. The molecule has 4 aromatic heterocycles. The van der Waals surface area contributed by atoms with E-state index < -0.39 is 18.1 Å². The summed E-state index contributed by atoms with van der Waals surface area (Å²) in [6.07, 6.45) is 0. The van der Waals surface area contributed by atoms with Crippen molar-refractivity contribution >= 4 is 112 Å². The molecule has 0 radical (unpaired) electrons. The first-order valence-corrected chi connectivity index (χ1v) is 25.9. The molecule has 11 aromatic carbocycles. The van der Waals surface area contributed by atoms with Crippen LogP contribution in [-0.2, 0) is 0 Å². The number of rotatable bonds is 6. The predicted molar refractivity (Wildman–Crippen MR) is 314 cm³/mol. The van der Waals surface area contributed by atoms with Crippen LogP contribution in [0.3, 0.4) is 0 Å². The topological polar surface area (TPSA) is 38.0 Å². The summed E-state index contributed by atoms with van der Waals surface area (Å²) >= 11 is 3.48. The first-order chi connectivity index (χ1) is 38.7. The van der Waals surface area contributed by atoms with Gasteiger partial charge in [-0.25, -0.2) is 4.85 Å². The maximum absolute atomic E-state index is 12.3. The maximum Gasteiger partial charge on any atom is 0.220 e. The molecule has 0 saturated carbocycles. The molecule has 74 heavy (non-hydrogen) atoms. The molecule has 4 heterocycles. The van der Waals surface area contributed by atoms with E-state index in [9.17, 15) is 11.8 Å². The second-order valence-electron chi connectivity index (χ2n) is 18.5. The van der Waals surface area contributed by atoms with Crippen LogP contribution in [0.1, 0.15) is 12.4 Å². The number of nitrogens with zero attached hydrogens (tertiary/aromatic N) is 4. The fraction of sp³-hybridized carbons (Fsp3) is 0. The number of benzene rings is 11. The van der Waals surface area contributed by atoms with Gasteiger partial charge >= 0.3 is 0 Å². The minimum absolute atomic E-state index is 0.0734. The Labute approximate surface area is 440 Å². The Morgan fingerprint density at radius 2 is 1.01 bits per heavy atom. The standard InChI is InChI=1S/C68H38N4S2/c1-70-62-59(43-23-10-4-11-24-43)54(40-69)63(60(44-25-12-5-13-26-44)66(62)71-55-30-16-14-27-47(55)48-34-33-45(39-56(48)71)41-19-6-2-7-20-41)72-64-50(35-37-52-49-28-15-17-31-57(49)73-67(52)64)51-36-38-53-61-46(42-21-8-3-9-22-42)29-18-32-58(61)74-68(53)65(51)72/h2-39H/i2D,6D,7D,19D,20D. The van der Waals surface area contributed by atoms with Crippen LogP contribution in [0.15, 0.2) is 230 Å². The zero-order chi connectivity index (χ0) is 53.4. The van der Waals surface area contributed by atoms with Crippen molar-refractivity contribution in [3.63, 3.8) is 0 Å². The van der Waals surface area contributed by atoms with E-state index in [0.29, 0.717) is 44.7 Å². The number of hydrogen-bond acceptors (Lipinski definition) is 3. The van der Waals surface area contributed by atoms with E-state index >= 15 is 0 Å². The molecule has 0 bridgehead atoms. The third kappa shape index (κ3) is 6.05. The quantitative estimate of drug-likeness (QED) is 0.153. The van der Waals surface area contributed by atoms with Gasteiger partial charge in [-0.1, -0.05) is 206 Å². The minimum atomic E-state index is -0.468. The lowest BCUT2D eigenvalue weighted by molar-refractivity contribution is 1.14. The van der Waals surface area contributed by atoms with Gasteiger partial charge in [0, 0.05) is 63.6 Å². The fourth-order valence-corrected chi connectivity index (χ4v) is 14.1. The van der Waals surface area contributed by atoms with Gasteiger partial charge in [0.2, 0.25) is 5.69 Å². The smallest absolute Gasteiger partial charge is 0.220 e. The van der Waals surface area contributed by atoms with Gasteiger partial charge in [-0.15, -0.1) is 22.7 Å². The van der Waals surface area contributed by atoms with Crippen molar-refractivity contribution in [1.29, 1.82) is 5.26 Å². The first-order valence-electron chi connectivity index (χ1n) is 26.8. The van der Waals surface area contributed by atoms with Crippen LogP contribution in [0.4, 0.5) is 5.69 Å². The van der Waals surface area contributed by atoms with E-state index in [2.05, 4.69) is 123 Å². The Morgan fingerprint density at radius 1 is 0.446 bits per heavy atom. The molecule has 342 valence electrons. The summed E-state index contributed by atoms with van der Waals surface area (Å²) in [6, 6.07) is 68.9. The van der Waals surface area contributed by atoms with Crippen LogP contribution in [0.25, 0.3) is 145 Å². The molecule has 0 aliphatic rings. The van der Waals surface area contributed by atoms with Gasteiger partial charge in [0.1, 0.15) is 6.07 Å². The monoisotopic (exact) mass is 979 g/mol. The zero-order valence-electron chi connectivity index (χ0n) is 44.2. The molecule has 0 aliphatic heterocycles. The zero-order valence-corrected chi connectivity index (χ0v) is 40.8. The Bertz CT molecular complexity index is 5190. The molecule has 0 unspecified atom stereocenters. The van der Waals surface area contributed by atoms with Crippen molar-refractivity contribution in [2.45, 2.75) is 0 Å². The molecule has 0 aliphatic carbocycles. The first kappa shape index (κ1) is 37.3. The third-order valence-corrected chi connectivity index (χ3v) is 17.0. The highest BCUT2D eigenvalue weighted by molar-refractivity contribution is 7.27. The van der Waals surface area contributed by atoms with Crippen LogP contribution < -0.4 is 0 Å². The van der Waals surface area contributed by atoms with Crippen LogP contribution in [0.5, 0.6) is 0 Å². The summed E-state index contributed by atoms with van der Waals surface area (Å²) in [5.41, 5.74) is 10.4. The summed E-state index contributed by atoms with van der Waals surface area (Å²) in [7, 11) is 0. The Kier molecular flexibility index (Phi) is 8.31. The van der Waals surface area contributed by atoms with Crippen molar-refractivity contribution in [2.75, 3.05) is 0 Å². The Morgan fingerprint density at radius 3 is 1.73 bits per heavy atom. The van der Waals surface area contributed by atoms with Crippen LogP contribution in [0.2, 0.25) is 0 Å². The van der Waals surface area contributed by atoms with Crippen molar-refractivity contribution in [2.24, 2.45) is 0 Å². The molecule has 0 spiro atoms. The number of para-hydroxylation sites is 1. The number of nitriles is 1. The Balaban J connectivity index is 1.21. The highest BCUT2D eigenvalue weighted by Gasteiger charge is 2.33. The molecule has 4 nitrogen and oxygen atoms in total. The van der Waals surface area contributed by atoms with Crippen LogP contribution in [-0.4, -0.2) is 9.13 Å². The molecule has 15 aromatic rings. The minimum Gasteiger partial charge on any atom is -0.318 e.